The van der Waals surface area contributed by atoms with Gasteiger partial charge in [0, 0.05) is 12.8 Å². The third kappa shape index (κ3) is 69.3. The molecule has 0 spiro atoms. The van der Waals surface area contributed by atoms with Crippen LogP contribution < -0.4 is 5.32 Å². The predicted molar refractivity (Wildman–Crippen MR) is 366 cm³/mol. The second kappa shape index (κ2) is 72.8. The van der Waals surface area contributed by atoms with E-state index < -0.39 is 12.1 Å². The van der Waals surface area contributed by atoms with Gasteiger partial charge in [-0.25, -0.2) is 0 Å². The van der Waals surface area contributed by atoms with Crippen LogP contribution >= 0.6 is 0 Å². The topological polar surface area (TPSA) is 95.9 Å². The highest BCUT2D eigenvalue weighted by atomic mass is 16.5. The minimum absolute atomic E-state index is 0.0148. The van der Waals surface area contributed by atoms with Crippen molar-refractivity contribution in [3.05, 3.63) is 24.3 Å². The van der Waals surface area contributed by atoms with E-state index in [1.165, 1.54) is 353 Å². The molecule has 0 radical (unpaired) electrons. The largest absolute Gasteiger partial charge is 0.466 e. The predicted octanol–water partition coefficient (Wildman–Crippen LogP) is 24.9. The first kappa shape index (κ1) is 81.3. The molecule has 0 saturated heterocycles. The molecule has 3 N–H and O–H groups in total. The first-order valence-electron chi connectivity index (χ1n) is 38.1. The van der Waals surface area contributed by atoms with E-state index in [4.69, 9.17) is 4.74 Å². The Bertz CT molecular complexity index is 1300. The van der Waals surface area contributed by atoms with Crippen LogP contribution in [0.2, 0.25) is 0 Å². The van der Waals surface area contributed by atoms with Gasteiger partial charge in [0.05, 0.1) is 25.4 Å². The molecule has 6 nitrogen and oxygen atoms in total. The van der Waals surface area contributed by atoms with Gasteiger partial charge in [0.2, 0.25) is 5.91 Å². The minimum atomic E-state index is -0.660. The van der Waals surface area contributed by atoms with E-state index in [0.717, 1.165) is 44.9 Å². The Kier molecular flexibility index (Phi) is 71.4. The van der Waals surface area contributed by atoms with Crippen molar-refractivity contribution in [1.82, 2.24) is 5.32 Å². The van der Waals surface area contributed by atoms with Crippen molar-refractivity contribution in [3.63, 3.8) is 0 Å². The molecular formula is C77H149NO5. The first-order chi connectivity index (χ1) is 41.0. The summed E-state index contributed by atoms with van der Waals surface area (Å²) in [5, 5.41) is 23.3. The van der Waals surface area contributed by atoms with E-state index in [1.807, 2.05) is 0 Å². The zero-order valence-corrected chi connectivity index (χ0v) is 56.5. The SMILES string of the molecule is CCCCCCCCC/C=C\CCCCCCCC(=O)OCCCCCCCCCCCCCCCCCC/C=C\CCCCCCCCCCCCCCCCCCCC(=O)NC(CO)C(O)CCCCCCCCCCCCCCC. The van der Waals surface area contributed by atoms with Gasteiger partial charge in [-0.3, -0.25) is 9.59 Å². The standard InChI is InChI=1S/C77H149NO5/c1-3-5-7-9-11-13-15-17-18-43-47-51-55-59-63-67-71-77(82)83-72-68-64-60-56-52-48-44-41-39-37-35-33-31-29-27-25-23-21-19-20-22-24-26-28-30-32-34-36-38-40-42-46-50-54-58-62-66-70-76(81)78-74(73-79)75(80)69-65-61-57-53-49-45-16-14-12-10-8-6-4-2/h18-19,21,43,74-75,79-80H,3-17,20,22-42,44-73H2,1-2H3,(H,78,81)/b21-19-,43-18-. The Morgan fingerprint density at radius 3 is 0.855 bits per heavy atom. The maximum absolute atomic E-state index is 12.5. The third-order valence-electron chi connectivity index (χ3n) is 18.0. The zero-order chi connectivity index (χ0) is 59.9. The second-order valence-corrected chi connectivity index (χ2v) is 26.3. The normalized spacial score (nSPS) is 12.6. The number of ether oxygens (including phenoxy) is 1. The number of carbonyl (C=O) groups excluding carboxylic acids is 2. The van der Waals surface area contributed by atoms with Gasteiger partial charge in [0.1, 0.15) is 0 Å². The van der Waals surface area contributed by atoms with Crippen LogP contribution in [0.15, 0.2) is 24.3 Å². The summed E-state index contributed by atoms with van der Waals surface area (Å²) in [6.07, 6.45) is 92.7. The maximum atomic E-state index is 12.5. The fourth-order valence-corrected chi connectivity index (χ4v) is 12.2. The fourth-order valence-electron chi connectivity index (χ4n) is 12.2. The van der Waals surface area contributed by atoms with Crippen molar-refractivity contribution in [3.8, 4) is 0 Å². The molecule has 0 aromatic carbocycles. The van der Waals surface area contributed by atoms with Crippen molar-refractivity contribution in [2.75, 3.05) is 13.2 Å². The number of aliphatic hydroxyl groups is 2. The number of amides is 1. The molecule has 2 atom stereocenters. The number of unbranched alkanes of at least 4 members (excludes halogenated alkanes) is 57. The highest BCUT2D eigenvalue weighted by molar-refractivity contribution is 5.76. The van der Waals surface area contributed by atoms with E-state index in [-0.39, 0.29) is 18.5 Å². The van der Waals surface area contributed by atoms with Crippen LogP contribution in [0, 0.1) is 0 Å². The van der Waals surface area contributed by atoms with Crippen LogP contribution in [0.25, 0.3) is 0 Å². The monoisotopic (exact) mass is 1170 g/mol. The molecule has 0 bridgehead atoms. The average Bonchev–Trinajstić information content (AvgIpc) is 3.49. The third-order valence-corrected chi connectivity index (χ3v) is 18.0. The van der Waals surface area contributed by atoms with Crippen molar-refractivity contribution in [2.45, 2.75) is 443 Å². The fraction of sp³-hybridized carbons (Fsp3) is 0.922. The lowest BCUT2D eigenvalue weighted by molar-refractivity contribution is -0.143. The maximum Gasteiger partial charge on any atom is 0.305 e. The molecule has 0 aromatic heterocycles. The summed E-state index contributed by atoms with van der Waals surface area (Å²) in [5.74, 6) is -0.0138. The molecule has 0 saturated carbocycles. The molecule has 0 aliphatic rings. The summed E-state index contributed by atoms with van der Waals surface area (Å²) in [6, 6.07) is -0.537. The van der Waals surface area contributed by atoms with E-state index >= 15 is 0 Å². The lowest BCUT2D eigenvalue weighted by Crippen LogP contribution is -2.45. The quantitative estimate of drug-likeness (QED) is 0.0320. The number of rotatable bonds is 72. The molecular weight excluding hydrogens is 1020 g/mol. The summed E-state index contributed by atoms with van der Waals surface area (Å²) in [6.45, 7) is 4.98. The highest BCUT2D eigenvalue weighted by Crippen LogP contribution is 2.19. The van der Waals surface area contributed by atoms with Crippen LogP contribution in [-0.2, 0) is 14.3 Å². The summed E-state index contributed by atoms with van der Waals surface area (Å²) in [7, 11) is 0. The van der Waals surface area contributed by atoms with E-state index in [0.29, 0.717) is 25.9 Å². The van der Waals surface area contributed by atoms with Crippen molar-refractivity contribution >= 4 is 11.9 Å². The molecule has 6 heteroatoms. The number of carbonyl (C=O) groups is 2. The van der Waals surface area contributed by atoms with Gasteiger partial charge in [-0.1, -0.05) is 366 Å². The molecule has 0 aromatic rings. The summed E-state index contributed by atoms with van der Waals surface area (Å²) < 4.78 is 5.50. The zero-order valence-electron chi connectivity index (χ0n) is 56.5. The Balaban J connectivity index is 3.31. The number of hydrogen-bond acceptors (Lipinski definition) is 5. The number of nitrogens with one attached hydrogen (secondary N) is 1. The minimum Gasteiger partial charge on any atom is -0.466 e. The van der Waals surface area contributed by atoms with Gasteiger partial charge in [-0.05, 0) is 77.0 Å². The smallest absolute Gasteiger partial charge is 0.305 e. The van der Waals surface area contributed by atoms with E-state index in [1.54, 1.807) is 0 Å². The van der Waals surface area contributed by atoms with Gasteiger partial charge in [0.15, 0.2) is 0 Å². The number of aliphatic hydroxyl groups excluding tert-OH is 2. The van der Waals surface area contributed by atoms with Crippen LogP contribution in [0.4, 0.5) is 0 Å². The van der Waals surface area contributed by atoms with E-state index in [2.05, 4.69) is 43.5 Å². The molecule has 1 amide bonds. The molecule has 0 aliphatic heterocycles. The number of hydrogen-bond donors (Lipinski definition) is 3. The average molecular weight is 1170 g/mol. The highest BCUT2D eigenvalue weighted by Gasteiger charge is 2.20. The van der Waals surface area contributed by atoms with Gasteiger partial charge < -0.3 is 20.3 Å². The summed E-state index contributed by atoms with van der Waals surface area (Å²) in [5.41, 5.74) is 0. The lowest BCUT2D eigenvalue weighted by atomic mass is 10.0. The number of esters is 1. The molecule has 0 rings (SSSR count). The number of allylic oxidation sites excluding steroid dienone is 4. The molecule has 0 heterocycles. The first-order valence-corrected chi connectivity index (χ1v) is 38.1. The van der Waals surface area contributed by atoms with Gasteiger partial charge in [0.25, 0.3) is 0 Å². The summed E-state index contributed by atoms with van der Waals surface area (Å²) in [4.78, 5) is 24.6. The molecule has 492 valence electrons. The second-order valence-electron chi connectivity index (χ2n) is 26.3. The van der Waals surface area contributed by atoms with Crippen molar-refractivity contribution < 1.29 is 24.5 Å². The van der Waals surface area contributed by atoms with Gasteiger partial charge >= 0.3 is 5.97 Å². The molecule has 2 unspecified atom stereocenters. The summed E-state index contributed by atoms with van der Waals surface area (Å²) >= 11 is 0. The van der Waals surface area contributed by atoms with Crippen molar-refractivity contribution in [2.24, 2.45) is 0 Å². The Hall–Kier alpha value is -1.66. The lowest BCUT2D eigenvalue weighted by Gasteiger charge is -2.22. The Labute approximate surface area is 520 Å². The van der Waals surface area contributed by atoms with Crippen molar-refractivity contribution in [1.29, 1.82) is 0 Å². The van der Waals surface area contributed by atoms with Gasteiger partial charge in [-0.2, -0.15) is 0 Å². The van der Waals surface area contributed by atoms with Gasteiger partial charge in [-0.15, -0.1) is 0 Å². The Morgan fingerprint density at radius 2 is 0.566 bits per heavy atom. The van der Waals surface area contributed by atoms with E-state index in [9.17, 15) is 19.8 Å². The molecule has 83 heavy (non-hydrogen) atoms. The Morgan fingerprint density at radius 1 is 0.325 bits per heavy atom. The molecule has 0 aliphatic carbocycles. The van der Waals surface area contributed by atoms with Crippen LogP contribution in [-0.4, -0.2) is 47.4 Å². The molecule has 0 fully saturated rings. The van der Waals surface area contributed by atoms with Crippen LogP contribution in [0.1, 0.15) is 431 Å². The van der Waals surface area contributed by atoms with Crippen LogP contribution in [0.3, 0.4) is 0 Å². The van der Waals surface area contributed by atoms with Crippen LogP contribution in [0.5, 0.6) is 0 Å².